The van der Waals surface area contributed by atoms with Crippen molar-refractivity contribution in [1.82, 2.24) is 19.8 Å². The van der Waals surface area contributed by atoms with Crippen molar-refractivity contribution in [2.24, 2.45) is 10.7 Å². The van der Waals surface area contributed by atoms with E-state index in [2.05, 4.69) is 15.3 Å². The van der Waals surface area contributed by atoms with Crippen molar-refractivity contribution in [1.29, 1.82) is 0 Å². The fourth-order valence-electron chi connectivity index (χ4n) is 5.76. The molecule has 1 saturated heterocycles. The molecule has 1 aromatic heterocycles. The second kappa shape index (κ2) is 13.3. The molecule has 1 fully saturated rings. The molecular formula is C34H33Cl2F2N7O2. The number of aromatic nitrogens is 2. The number of likely N-dealkylation sites (N-methyl/N-ethyl adjacent to an activating group) is 1. The Morgan fingerprint density at radius 1 is 1.00 bits per heavy atom. The SMILES string of the molecule is C.CN(C)C(=O)C1(N)CCN(C(=O)c2ccc(Nc3ncc4c(n3)-c3ccc(Cl)cc3C(c3c(F)cccc3F)=NC4)cc2Cl)CC1. The van der Waals surface area contributed by atoms with Crippen molar-refractivity contribution in [3.05, 3.63) is 105 Å². The normalized spacial score (nSPS) is 15.0. The van der Waals surface area contributed by atoms with E-state index < -0.39 is 17.2 Å². The van der Waals surface area contributed by atoms with Crippen LogP contribution in [0.25, 0.3) is 11.3 Å². The number of nitrogens with one attached hydrogen (secondary N) is 1. The van der Waals surface area contributed by atoms with Gasteiger partial charge in [-0.05, 0) is 55.3 Å². The maximum atomic E-state index is 14.9. The van der Waals surface area contributed by atoms with E-state index in [0.29, 0.717) is 64.6 Å². The number of carbonyl (C=O) groups excluding carboxylic acids is 2. The summed E-state index contributed by atoms with van der Waals surface area (Å²) in [5, 5.41) is 3.72. The molecule has 13 heteroatoms. The average molecular weight is 681 g/mol. The van der Waals surface area contributed by atoms with Gasteiger partial charge in [0.25, 0.3) is 5.91 Å². The molecule has 6 rings (SSSR count). The maximum Gasteiger partial charge on any atom is 0.255 e. The van der Waals surface area contributed by atoms with Crippen LogP contribution in [-0.4, -0.2) is 70.0 Å². The lowest BCUT2D eigenvalue weighted by molar-refractivity contribution is -0.136. The lowest BCUT2D eigenvalue weighted by Crippen LogP contribution is -2.59. The summed E-state index contributed by atoms with van der Waals surface area (Å²) < 4.78 is 29.7. The van der Waals surface area contributed by atoms with E-state index >= 15 is 0 Å². The van der Waals surface area contributed by atoms with E-state index in [4.69, 9.17) is 33.9 Å². The van der Waals surface area contributed by atoms with E-state index in [0.717, 1.165) is 0 Å². The molecule has 4 aromatic rings. The Kier molecular flexibility index (Phi) is 9.63. The van der Waals surface area contributed by atoms with Gasteiger partial charge in [0, 0.05) is 60.8 Å². The van der Waals surface area contributed by atoms with Crippen molar-refractivity contribution in [3.63, 3.8) is 0 Å². The Hall–Kier alpha value is -4.45. The number of nitrogens with two attached hydrogens (primary N) is 1. The van der Waals surface area contributed by atoms with Crippen molar-refractivity contribution in [2.75, 3.05) is 32.5 Å². The standard InChI is InChI=1S/C33H29Cl2F2N7O2.CH4/c1-43(2)31(46)33(38)10-12-44(13-11-33)30(45)22-9-7-20(15-24(22)35)41-32-40-17-18-16-39-29(27-25(36)4-3-5-26(27)37)23-14-19(34)6-8-21(23)28(18)42-32;/h3-9,14-15,17H,10-13,16,38H2,1-2H3,(H,40,41,42);1H4. The minimum atomic E-state index is -1.000. The molecule has 0 bridgehead atoms. The zero-order valence-electron chi connectivity index (χ0n) is 25.0. The third kappa shape index (κ3) is 6.56. The van der Waals surface area contributed by atoms with Crippen LogP contribution in [0.4, 0.5) is 20.4 Å². The summed E-state index contributed by atoms with van der Waals surface area (Å²) in [7, 11) is 3.33. The van der Waals surface area contributed by atoms with Crippen LogP contribution in [0.1, 0.15) is 47.3 Å². The second-order valence-corrected chi connectivity index (χ2v) is 12.3. The van der Waals surface area contributed by atoms with Crippen LogP contribution in [0.2, 0.25) is 10.0 Å². The molecule has 47 heavy (non-hydrogen) atoms. The van der Waals surface area contributed by atoms with Crippen LogP contribution in [0, 0.1) is 11.6 Å². The van der Waals surface area contributed by atoms with Gasteiger partial charge < -0.3 is 20.9 Å². The summed E-state index contributed by atoms with van der Waals surface area (Å²) in [6.07, 6.45) is 2.29. The number of amides is 2. The number of piperidine rings is 1. The van der Waals surface area contributed by atoms with Gasteiger partial charge in [-0.2, -0.15) is 0 Å². The summed E-state index contributed by atoms with van der Waals surface area (Å²) in [6, 6.07) is 13.6. The predicted octanol–water partition coefficient (Wildman–Crippen LogP) is 6.48. The second-order valence-electron chi connectivity index (χ2n) is 11.5. The highest BCUT2D eigenvalue weighted by Gasteiger charge is 2.40. The zero-order chi connectivity index (χ0) is 32.7. The first kappa shape index (κ1) is 33.9. The van der Waals surface area contributed by atoms with Gasteiger partial charge in [0.05, 0.1) is 39.6 Å². The van der Waals surface area contributed by atoms with Crippen molar-refractivity contribution in [2.45, 2.75) is 32.4 Å². The molecule has 3 aromatic carbocycles. The summed E-state index contributed by atoms with van der Waals surface area (Å²) >= 11 is 12.9. The molecule has 9 nitrogen and oxygen atoms in total. The first-order chi connectivity index (χ1) is 21.9. The van der Waals surface area contributed by atoms with Gasteiger partial charge in [-0.25, -0.2) is 18.7 Å². The number of likely N-dealkylation sites (tertiary alicyclic amines) is 1. The van der Waals surface area contributed by atoms with E-state index in [1.165, 1.54) is 23.1 Å². The van der Waals surface area contributed by atoms with E-state index in [1.807, 2.05) is 0 Å². The molecule has 0 unspecified atom stereocenters. The predicted molar refractivity (Wildman–Crippen MR) is 180 cm³/mol. The average Bonchev–Trinajstić information content (AvgIpc) is 3.17. The highest BCUT2D eigenvalue weighted by molar-refractivity contribution is 6.34. The lowest BCUT2D eigenvalue weighted by Gasteiger charge is -2.39. The maximum absolute atomic E-state index is 14.9. The highest BCUT2D eigenvalue weighted by atomic mass is 35.5. The molecule has 244 valence electrons. The quantitative estimate of drug-likeness (QED) is 0.249. The van der Waals surface area contributed by atoms with Crippen molar-refractivity contribution >= 4 is 52.4 Å². The molecule has 0 spiro atoms. The topological polar surface area (TPSA) is 117 Å². The lowest BCUT2D eigenvalue weighted by atomic mass is 9.87. The van der Waals surface area contributed by atoms with Crippen LogP contribution >= 0.6 is 23.2 Å². The van der Waals surface area contributed by atoms with E-state index in [-0.39, 0.29) is 48.0 Å². The van der Waals surface area contributed by atoms with Crippen LogP contribution < -0.4 is 11.1 Å². The fourth-order valence-corrected chi connectivity index (χ4v) is 6.19. The molecule has 3 heterocycles. The number of halogens is 4. The van der Waals surface area contributed by atoms with Gasteiger partial charge in [-0.1, -0.05) is 42.8 Å². The minimum Gasteiger partial charge on any atom is -0.347 e. The van der Waals surface area contributed by atoms with Gasteiger partial charge in [0.1, 0.15) is 11.6 Å². The molecule has 0 saturated carbocycles. The molecule has 0 aliphatic carbocycles. The molecule has 0 atom stereocenters. The monoisotopic (exact) mass is 679 g/mol. The third-order valence-corrected chi connectivity index (χ3v) is 8.74. The Morgan fingerprint density at radius 2 is 1.70 bits per heavy atom. The third-order valence-electron chi connectivity index (χ3n) is 8.19. The van der Waals surface area contributed by atoms with Crippen molar-refractivity contribution < 1.29 is 18.4 Å². The number of aliphatic imine (C=N–C) groups is 1. The van der Waals surface area contributed by atoms with Crippen LogP contribution in [0.3, 0.4) is 0 Å². The van der Waals surface area contributed by atoms with Crippen LogP contribution in [0.5, 0.6) is 0 Å². The first-order valence-corrected chi connectivity index (χ1v) is 15.2. The Labute approximate surface area is 281 Å². The first-order valence-electron chi connectivity index (χ1n) is 14.5. The molecule has 2 aliphatic heterocycles. The smallest absolute Gasteiger partial charge is 0.255 e. The van der Waals surface area contributed by atoms with E-state index in [1.54, 1.807) is 61.6 Å². The molecular weight excluding hydrogens is 647 g/mol. The van der Waals surface area contributed by atoms with Gasteiger partial charge in [0.15, 0.2) is 0 Å². The van der Waals surface area contributed by atoms with Crippen LogP contribution in [0.15, 0.2) is 65.8 Å². The van der Waals surface area contributed by atoms with E-state index in [9.17, 15) is 18.4 Å². The number of rotatable bonds is 5. The Balaban J connectivity index is 0.00000433. The molecule has 2 amide bonds. The number of fused-ring (bicyclic) bond motifs is 3. The Bertz CT molecular complexity index is 1890. The number of carbonyl (C=O) groups is 2. The number of hydrogen-bond donors (Lipinski definition) is 2. The number of hydrogen-bond acceptors (Lipinski definition) is 7. The summed E-state index contributed by atoms with van der Waals surface area (Å²) in [5.41, 5.74) is 8.25. The number of benzene rings is 3. The summed E-state index contributed by atoms with van der Waals surface area (Å²) in [6.45, 7) is 0.741. The largest absolute Gasteiger partial charge is 0.347 e. The fraction of sp³-hybridized carbons (Fsp3) is 0.265. The molecule has 2 aliphatic rings. The summed E-state index contributed by atoms with van der Waals surface area (Å²) in [4.78, 5) is 42.6. The highest BCUT2D eigenvalue weighted by Crippen LogP contribution is 2.35. The van der Waals surface area contributed by atoms with Gasteiger partial charge in [0.2, 0.25) is 11.9 Å². The molecule has 0 radical (unpaired) electrons. The number of anilines is 2. The van der Waals surface area contributed by atoms with Gasteiger partial charge in [-0.15, -0.1) is 0 Å². The molecule has 3 N–H and O–H groups in total. The van der Waals surface area contributed by atoms with Crippen LogP contribution in [-0.2, 0) is 11.3 Å². The van der Waals surface area contributed by atoms with Crippen molar-refractivity contribution in [3.8, 4) is 11.3 Å². The minimum absolute atomic E-state index is 0. The van der Waals surface area contributed by atoms with Gasteiger partial charge >= 0.3 is 0 Å². The zero-order valence-corrected chi connectivity index (χ0v) is 26.5. The summed E-state index contributed by atoms with van der Waals surface area (Å²) in [5.74, 6) is -1.66. The van der Waals surface area contributed by atoms with Gasteiger partial charge in [-0.3, -0.25) is 14.6 Å². The number of nitrogens with zero attached hydrogens (tertiary/aromatic N) is 5. The Morgan fingerprint density at radius 3 is 2.36 bits per heavy atom.